The van der Waals surface area contributed by atoms with Gasteiger partial charge in [-0.25, -0.2) is 0 Å². The van der Waals surface area contributed by atoms with Crippen LogP contribution in [0.5, 0.6) is 0 Å². The molecule has 4 aliphatic carbocycles. The van der Waals surface area contributed by atoms with Gasteiger partial charge in [0.15, 0.2) is 0 Å². The van der Waals surface area contributed by atoms with Gasteiger partial charge < -0.3 is 5.73 Å². The van der Waals surface area contributed by atoms with E-state index in [0.29, 0.717) is 0 Å². The molecule has 0 atom stereocenters. The normalized spacial score (nSPS) is 47.4. The first-order valence-corrected chi connectivity index (χ1v) is 7.00. The van der Waals surface area contributed by atoms with Crippen molar-refractivity contribution in [1.82, 2.24) is 0 Å². The van der Waals surface area contributed by atoms with E-state index in [1.807, 2.05) is 0 Å². The summed E-state index contributed by atoms with van der Waals surface area (Å²) in [5.41, 5.74) is 6.40. The second kappa shape index (κ2) is 3.76. The van der Waals surface area contributed by atoms with E-state index in [0.717, 1.165) is 29.7 Å². The first kappa shape index (κ1) is 10.1. The maximum Gasteiger partial charge on any atom is -0.00773 e. The van der Waals surface area contributed by atoms with Crippen LogP contribution >= 0.6 is 0 Å². The Morgan fingerprint density at radius 1 is 0.867 bits per heavy atom. The minimum atomic E-state index is 0.796. The molecule has 0 unspecified atom stereocenters. The summed E-state index contributed by atoms with van der Waals surface area (Å²) < 4.78 is 0. The number of unbranched alkanes of at least 4 members (excludes halogenated alkanes) is 1. The van der Waals surface area contributed by atoms with Crippen molar-refractivity contribution in [3.05, 3.63) is 0 Å². The molecule has 1 nitrogen and oxygen atoms in total. The van der Waals surface area contributed by atoms with Gasteiger partial charge in [0.25, 0.3) is 0 Å². The summed E-state index contributed by atoms with van der Waals surface area (Å²) in [6.45, 7) is 0.895. The van der Waals surface area contributed by atoms with Gasteiger partial charge >= 0.3 is 0 Å². The molecule has 0 aliphatic heterocycles. The lowest BCUT2D eigenvalue weighted by atomic mass is 9.48. The van der Waals surface area contributed by atoms with Crippen molar-refractivity contribution < 1.29 is 0 Å². The highest BCUT2D eigenvalue weighted by molar-refractivity contribution is 5.01. The molecule has 0 aromatic heterocycles. The molecule has 4 fully saturated rings. The Balaban J connectivity index is 1.65. The third kappa shape index (κ3) is 1.84. The molecule has 4 bridgehead atoms. The number of hydrogen-bond acceptors (Lipinski definition) is 1. The average molecular weight is 207 g/mol. The Labute approximate surface area is 93.8 Å². The van der Waals surface area contributed by atoms with Crippen LogP contribution < -0.4 is 5.73 Å². The topological polar surface area (TPSA) is 26.0 Å². The minimum absolute atomic E-state index is 0.796. The lowest BCUT2D eigenvalue weighted by molar-refractivity contribution is -0.0582. The van der Waals surface area contributed by atoms with E-state index < -0.39 is 0 Å². The maximum atomic E-state index is 5.61. The van der Waals surface area contributed by atoms with Gasteiger partial charge in [0.05, 0.1) is 0 Å². The van der Waals surface area contributed by atoms with Crippen LogP contribution in [-0.2, 0) is 0 Å². The zero-order chi connectivity index (χ0) is 10.3. The van der Waals surface area contributed by atoms with Crippen molar-refractivity contribution in [2.45, 2.75) is 57.8 Å². The molecule has 0 amide bonds. The zero-order valence-electron chi connectivity index (χ0n) is 9.88. The zero-order valence-corrected chi connectivity index (χ0v) is 9.88. The molecule has 1 heteroatoms. The molecule has 4 aliphatic rings. The minimum Gasteiger partial charge on any atom is -0.330 e. The molecule has 2 N–H and O–H groups in total. The van der Waals surface area contributed by atoms with Crippen LogP contribution in [0.4, 0.5) is 0 Å². The Hall–Kier alpha value is -0.0400. The van der Waals surface area contributed by atoms with Gasteiger partial charge in [0.2, 0.25) is 0 Å². The van der Waals surface area contributed by atoms with E-state index in [2.05, 4.69) is 0 Å². The van der Waals surface area contributed by atoms with Gasteiger partial charge in [0.1, 0.15) is 0 Å². The van der Waals surface area contributed by atoms with Crippen LogP contribution in [-0.4, -0.2) is 6.54 Å². The van der Waals surface area contributed by atoms with Crippen LogP contribution in [0.1, 0.15) is 57.8 Å². The molecule has 0 spiro atoms. The third-order valence-electron chi connectivity index (χ3n) is 5.33. The molecule has 0 aromatic rings. The lowest BCUT2D eigenvalue weighted by Crippen LogP contribution is -2.45. The summed E-state index contributed by atoms with van der Waals surface area (Å²) in [4.78, 5) is 0. The SMILES string of the molecule is NCCCCC12CC3CC(CC(C3)C1)C2. The second-order valence-corrected chi connectivity index (χ2v) is 6.66. The van der Waals surface area contributed by atoms with E-state index >= 15 is 0 Å². The summed E-state index contributed by atoms with van der Waals surface area (Å²) in [6.07, 6.45) is 13.6. The fourth-order valence-corrected chi connectivity index (χ4v) is 5.24. The molecular weight excluding hydrogens is 182 g/mol. The Morgan fingerprint density at radius 3 is 1.87 bits per heavy atom. The van der Waals surface area contributed by atoms with Gasteiger partial charge in [-0.05, 0) is 81.1 Å². The molecule has 15 heavy (non-hydrogen) atoms. The van der Waals surface area contributed by atoms with Gasteiger partial charge in [0, 0.05) is 0 Å². The van der Waals surface area contributed by atoms with Crippen molar-refractivity contribution in [1.29, 1.82) is 0 Å². The van der Waals surface area contributed by atoms with E-state index in [1.165, 1.54) is 19.3 Å². The molecule has 0 saturated heterocycles. The Morgan fingerprint density at radius 2 is 1.40 bits per heavy atom. The Bertz CT molecular complexity index is 198. The summed E-state index contributed by atoms with van der Waals surface area (Å²) in [5, 5.41) is 0. The fraction of sp³-hybridized carbons (Fsp3) is 1.00. The van der Waals surface area contributed by atoms with Crippen LogP contribution in [0.25, 0.3) is 0 Å². The number of nitrogens with two attached hydrogens (primary N) is 1. The first-order chi connectivity index (χ1) is 7.30. The van der Waals surface area contributed by atoms with E-state index in [1.54, 1.807) is 38.5 Å². The van der Waals surface area contributed by atoms with Gasteiger partial charge in [-0.2, -0.15) is 0 Å². The molecular formula is C14H25N. The first-order valence-electron chi connectivity index (χ1n) is 7.00. The second-order valence-electron chi connectivity index (χ2n) is 6.66. The molecule has 86 valence electrons. The van der Waals surface area contributed by atoms with Crippen LogP contribution in [0.15, 0.2) is 0 Å². The Kier molecular flexibility index (Phi) is 2.54. The molecule has 4 saturated carbocycles. The molecule has 4 rings (SSSR count). The van der Waals surface area contributed by atoms with E-state index in [9.17, 15) is 0 Å². The maximum absolute atomic E-state index is 5.61. The summed E-state index contributed by atoms with van der Waals surface area (Å²) in [6, 6.07) is 0. The van der Waals surface area contributed by atoms with E-state index in [4.69, 9.17) is 5.73 Å². The number of hydrogen-bond donors (Lipinski definition) is 1. The van der Waals surface area contributed by atoms with Crippen molar-refractivity contribution in [3.63, 3.8) is 0 Å². The predicted octanol–water partition coefficient (Wildman–Crippen LogP) is 3.33. The quantitative estimate of drug-likeness (QED) is 0.703. The monoisotopic (exact) mass is 207 g/mol. The summed E-state index contributed by atoms with van der Waals surface area (Å²) >= 11 is 0. The molecule has 0 aromatic carbocycles. The highest BCUT2D eigenvalue weighted by Gasteiger charge is 2.50. The van der Waals surface area contributed by atoms with Crippen LogP contribution in [0.2, 0.25) is 0 Å². The largest absolute Gasteiger partial charge is 0.330 e. The summed E-state index contributed by atoms with van der Waals surface area (Å²) in [7, 11) is 0. The summed E-state index contributed by atoms with van der Waals surface area (Å²) in [5.74, 6) is 3.36. The van der Waals surface area contributed by atoms with Gasteiger partial charge in [-0.1, -0.05) is 6.42 Å². The smallest absolute Gasteiger partial charge is 0.00773 e. The van der Waals surface area contributed by atoms with Crippen LogP contribution in [0, 0.1) is 23.2 Å². The lowest BCUT2D eigenvalue weighted by Gasteiger charge is -2.57. The van der Waals surface area contributed by atoms with Crippen molar-refractivity contribution in [3.8, 4) is 0 Å². The van der Waals surface area contributed by atoms with E-state index in [-0.39, 0.29) is 0 Å². The highest BCUT2D eigenvalue weighted by Crippen LogP contribution is 2.61. The molecule has 0 radical (unpaired) electrons. The van der Waals surface area contributed by atoms with Crippen molar-refractivity contribution >= 4 is 0 Å². The van der Waals surface area contributed by atoms with Gasteiger partial charge in [-0.15, -0.1) is 0 Å². The number of rotatable bonds is 4. The van der Waals surface area contributed by atoms with Crippen molar-refractivity contribution in [2.75, 3.05) is 6.54 Å². The third-order valence-corrected chi connectivity index (χ3v) is 5.33. The predicted molar refractivity (Wildman–Crippen MR) is 63.5 cm³/mol. The van der Waals surface area contributed by atoms with Gasteiger partial charge in [-0.3, -0.25) is 0 Å². The average Bonchev–Trinajstić information content (AvgIpc) is 2.15. The van der Waals surface area contributed by atoms with Crippen LogP contribution in [0.3, 0.4) is 0 Å². The fourth-order valence-electron chi connectivity index (χ4n) is 5.24. The molecule has 0 heterocycles. The highest BCUT2D eigenvalue weighted by atomic mass is 14.6. The standard InChI is InChI=1S/C14H25N/c15-4-2-1-3-14-8-11-5-12(9-14)7-13(6-11)10-14/h11-13H,1-10,15H2. The van der Waals surface area contributed by atoms with Crippen molar-refractivity contribution in [2.24, 2.45) is 28.9 Å².